The molecule has 0 aromatic heterocycles. The van der Waals surface area contributed by atoms with Gasteiger partial charge < -0.3 is 15.1 Å². The molecule has 1 aromatic carbocycles. The number of benzene rings is 1. The summed E-state index contributed by atoms with van der Waals surface area (Å²) in [5, 5.41) is 20.6. The fourth-order valence-electron chi connectivity index (χ4n) is 2.82. The zero-order valence-corrected chi connectivity index (χ0v) is 12.3. The van der Waals surface area contributed by atoms with Crippen molar-refractivity contribution in [2.24, 2.45) is 0 Å². The van der Waals surface area contributed by atoms with Crippen molar-refractivity contribution < 1.29 is 10.2 Å². The van der Waals surface area contributed by atoms with Gasteiger partial charge >= 0.3 is 0 Å². The van der Waals surface area contributed by atoms with E-state index in [4.69, 9.17) is 11.6 Å². The van der Waals surface area contributed by atoms with Crippen LogP contribution in [-0.4, -0.2) is 29.4 Å². The summed E-state index contributed by atoms with van der Waals surface area (Å²) in [6.07, 6.45) is 3.39. The van der Waals surface area contributed by atoms with Crippen molar-refractivity contribution in [1.82, 2.24) is 0 Å². The largest absolute Gasteiger partial charge is 0.389 e. The van der Waals surface area contributed by atoms with Gasteiger partial charge in [0.1, 0.15) is 0 Å². The highest BCUT2D eigenvalue weighted by Gasteiger charge is 2.32. The van der Waals surface area contributed by atoms with E-state index in [1.165, 1.54) is 0 Å². The Kier molecular flexibility index (Phi) is 4.39. The van der Waals surface area contributed by atoms with E-state index < -0.39 is 11.7 Å². The maximum absolute atomic E-state index is 10.4. The monoisotopic (exact) mass is 283 g/mol. The standard InChI is InChI=1S/C15H22ClNO2/c1-11(18)13-6-5-12(9-14(13)16)17(2)10-15(19)7-3-4-8-15/h5-6,9,11,18-19H,3-4,7-8,10H2,1-2H3. The SMILES string of the molecule is CC(O)c1ccc(N(C)CC2(O)CCCC2)cc1Cl. The maximum atomic E-state index is 10.4. The van der Waals surface area contributed by atoms with Gasteiger partial charge in [-0.25, -0.2) is 0 Å². The molecular weight excluding hydrogens is 262 g/mol. The minimum absolute atomic E-state index is 0.564. The minimum Gasteiger partial charge on any atom is -0.389 e. The molecule has 0 saturated heterocycles. The first-order valence-corrected chi connectivity index (χ1v) is 7.20. The first kappa shape index (κ1) is 14.6. The molecule has 0 amide bonds. The van der Waals surface area contributed by atoms with Crippen molar-refractivity contribution in [2.75, 3.05) is 18.5 Å². The summed E-state index contributed by atoms with van der Waals surface area (Å²) < 4.78 is 0. The normalized spacial score (nSPS) is 19.4. The topological polar surface area (TPSA) is 43.7 Å². The second-order valence-electron chi connectivity index (χ2n) is 5.67. The fraction of sp³-hybridized carbons (Fsp3) is 0.600. The van der Waals surface area contributed by atoms with E-state index in [9.17, 15) is 10.2 Å². The Morgan fingerprint density at radius 3 is 2.53 bits per heavy atom. The Morgan fingerprint density at radius 1 is 1.37 bits per heavy atom. The van der Waals surface area contributed by atoms with Crippen molar-refractivity contribution in [3.8, 4) is 0 Å². The van der Waals surface area contributed by atoms with Gasteiger partial charge in [0.25, 0.3) is 0 Å². The first-order chi connectivity index (χ1) is 8.91. The predicted molar refractivity (Wildman–Crippen MR) is 78.8 cm³/mol. The number of hydrogen-bond acceptors (Lipinski definition) is 3. The third-order valence-electron chi connectivity index (χ3n) is 3.94. The van der Waals surface area contributed by atoms with Crippen LogP contribution >= 0.6 is 11.6 Å². The molecule has 2 rings (SSSR count). The predicted octanol–water partition coefficient (Wildman–Crippen LogP) is 3.13. The molecule has 2 N–H and O–H groups in total. The van der Waals surface area contributed by atoms with E-state index in [0.29, 0.717) is 11.6 Å². The van der Waals surface area contributed by atoms with Gasteiger partial charge in [0.15, 0.2) is 0 Å². The van der Waals surface area contributed by atoms with Crippen LogP contribution in [0.15, 0.2) is 18.2 Å². The van der Waals surface area contributed by atoms with Crippen LogP contribution in [0.1, 0.15) is 44.3 Å². The highest BCUT2D eigenvalue weighted by molar-refractivity contribution is 6.31. The molecule has 1 unspecified atom stereocenters. The number of halogens is 1. The van der Waals surface area contributed by atoms with Gasteiger partial charge in [-0.15, -0.1) is 0 Å². The van der Waals surface area contributed by atoms with Crippen molar-refractivity contribution >= 4 is 17.3 Å². The molecule has 0 radical (unpaired) electrons. The number of rotatable bonds is 4. The molecule has 4 heteroatoms. The number of aliphatic hydroxyl groups excluding tert-OH is 1. The maximum Gasteiger partial charge on any atom is 0.0821 e. The number of aliphatic hydroxyl groups is 2. The van der Waals surface area contributed by atoms with E-state index >= 15 is 0 Å². The van der Waals surface area contributed by atoms with Crippen molar-refractivity contribution in [2.45, 2.75) is 44.3 Å². The molecule has 106 valence electrons. The van der Waals surface area contributed by atoms with E-state index in [-0.39, 0.29) is 0 Å². The second-order valence-corrected chi connectivity index (χ2v) is 6.08. The molecule has 1 saturated carbocycles. The number of likely N-dealkylation sites (N-methyl/N-ethyl adjacent to an activating group) is 1. The van der Waals surface area contributed by atoms with Crippen LogP contribution in [-0.2, 0) is 0 Å². The van der Waals surface area contributed by atoms with Gasteiger partial charge in [-0.3, -0.25) is 0 Å². The van der Waals surface area contributed by atoms with Crippen LogP contribution < -0.4 is 4.90 Å². The van der Waals surface area contributed by atoms with Gasteiger partial charge in [0.2, 0.25) is 0 Å². The molecule has 1 fully saturated rings. The number of anilines is 1. The van der Waals surface area contributed by atoms with Crippen LogP contribution in [0, 0.1) is 0 Å². The van der Waals surface area contributed by atoms with Gasteiger partial charge in [-0.05, 0) is 37.5 Å². The lowest BCUT2D eigenvalue weighted by molar-refractivity contribution is 0.0559. The van der Waals surface area contributed by atoms with Crippen molar-refractivity contribution in [1.29, 1.82) is 0 Å². The summed E-state index contributed by atoms with van der Waals surface area (Å²) in [5.74, 6) is 0. The van der Waals surface area contributed by atoms with Gasteiger partial charge in [-0.2, -0.15) is 0 Å². The molecular formula is C15H22ClNO2. The first-order valence-electron chi connectivity index (χ1n) is 6.82. The molecule has 3 nitrogen and oxygen atoms in total. The molecule has 0 bridgehead atoms. The molecule has 1 aromatic rings. The van der Waals surface area contributed by atoms with Gasteiger partial charge in [0.05, 0.1) is 11.7 Å². The van der Waals surface area contributed by atoms with E-state index in [2.05, 4.69) is 0 Å². The number of hydrogen-bond donors (Lipinski definition) is 2. The molecule has 0 spiro atoms. The minimum atomic E-state index is -0.565. The Balaban J connectivity index is 2.11. The highest BCUT2D eigenvalue weighted by Crippen LogP contribution is 2.32. The molecule has 1 atom stereocenters. The van der Waals surface area contributed by atoms with E-state index in [1.807, 2.05) is 30.1 Å². The molecule has 0 aliphatic heterocycles. The lowest BCUT2D eigenvalue weighted by atomic mass is 10.0. The van der Waals surface area contributed by atoms with Crippen LogP contribution in [0.4, 0.5) is 5.69 Å². The van der Waals surface area contributed by atoms with Crippen LogP contribution in [0.25, 0.3) is 0 Å². The summed E-state index contributed by atoms with van der Waals surface area (Å²) in [4.78, 5) is 2.03. The van der Waals surface area contributed by atoms with Crippen molar-refractivity contribution in [3.63, 3.8) is 0 Å². The summed E-state index contributed by atoms with van der Waals surface area (Å²) in [6.45, 7) is 2.32. The zero-order chi connectivity index (χ0) is 14.0. The van der Waals surface area contributed by atoms with Crippen LogP contribution in [0.3, 0.4) is 0 Å². The third-order valence-corrected chi connectivity index (χ3v) is 4.27. The molecule has 1 aliphatic carbocycles. The Bertz CT molecular complexity index is 442. The summed E-state index contributed by atoms with van der Waals surface area (Å²) in [6, 6.07) is 5.63. The van der Waals surface area contributed by atoms with E-state index in [1.54, 1.807) is 6.92 Å². The summed E-state index contributed by atoms with van der Waals surface area (Å²) in [7, 11) is 1.96. The molecule has 0 heterocycles. The summed E-state index contributed by atoms with van der Waals surface area (Å²) in [5.41, 5.74) is 1.14. The second kappa shape index (κ2) is 5.70. The third kappa shape index (κ3) is 3.41. The average Bonchev–Trinajstić information content (AvgIpc) is 2.75. The van der Waals surface area contributed by atoms with E-state index in [0.717, 1.165) is 36.9 Å². The lowest BCUT2D eigenvalue weighted by Gasteiger charge is -2.30. The Morgan fingerprint density at radius 2 is 2.00 bits per heavy atom. The molecule has 19 heavy (non-hydrogen) atoms. The summed E-state index contributed by atoms with van der Waals surface area (Å²) >= 11 is 6.17. The van der Waals surface area contributed by atoms with Gasteiger partial charge in [0, 0.05) is 24.3 Å². The smallest absolute Gasteiger partial charge is 0.0821 e. The quantitative estimate of drug-likeness (QED) is 0.892. The fourth-order valence-corrected chi connectivity index (χ4v) is 3.15. The molecule has 1 aliphatic rings. The Labute approximate surface area is 119 Å². The highest BCUT2D eigenvalue weighted by atomic mass is 35.5. The van der Waals surface area contributed by atoms with Crippen LogP contribution in [0.2, 0.25) is 5.02 Å². The van der Waals surface area contributed by atoms with Crippen LogP contribution in [0.5, 0.6) is 0 Å². The van der Waals surface area contributed by atoms with Gasteiger partial charge in [-0.1, -0.05) is 30.5 Å². The Hall–Kier alpha value is -0.770. The lowest BCUT2D eigenvalue weighted by Crippen LogP contribution is -2.39. The average molecular weight is 284 g/mol. The number of nitrogens with zero attached hydrogens (tertiary/aromatic N) is 1. The zero-order valence-electron chi connectivity index (χ0n) is 11.6. The van der Waals surface area contributed by atoms with Crippen molar-refractivity contribution in [3.05, 3.63) is 28.8 Å².